The Bertz CT molecular complexity index is 1560. The summed E-state index contributed by atoms with van der Waals surface area (Å²) in [6, 6.07) is 10.8. The second-order valence-electron chi connectivity index (χ2n) is 10.7. The minimum atomic E-state index is -1.07. The smallest absolute Gasteiger partial charge is 0.350 e. The first-order valence-corrected chi connectivity index (χ1v) is 16.6. The first-order chi connectivity index (χ1) is 22.2. The number of hydrogen-bond acceptors (Lipinski definition) is 10. The van der Waals surface area contributed by atoms with Crippen LogP contribution in [0.5, 0.6) is 17.2 Å². The summed E-state index contributed by atoms with van der Waals surface area (Å²) < 4.78 is 22.9. The Hall–Kier alpha value is -4.38. The summed E-state index contributed by atoms with van der Waals surface area (Å²) in [4.78, 5) is 46.0. The number of nitrogens with zero attached hydrogens (tertiary/aromatic N) is 2. The van der Waals surface area contributed by atoms with Gasteiger partial charge in [-0.2, -0.15) is 0 Å². The van der Waals surface area contributed by atoms with Crippen molar-refractivity contribution in [3.05, 3.63) is 69.7 Å². The van der Waals surface area contributed by atoms with E-state index in [9.17, 15) is 19.5 Å². The number of hydrogen-bond donors (Lipinski definition) is 1. The number of benzene rings is 2. The molecular weight excluding hydrogens is 608 g/mol. The summed E-state index contributed by atoms with van der Waals surface area (Å²) in [5.74, 6) is -1.07. The van der Waals surface area contributed by atoms with Gasteiger partial charge >= 0.3 is 11.9 Å². The van der Waals surface area contributed by atoms with Gasteiger partial charge in [-0.1, -0.05) is 50.5 Å². The van der Waals surface area contributed by atoms with E-state index in [2.05, 4.69) is 18.8 Å². The molecule has 246 valence electrons. The minimum absolute atomic E-state index is 0.116. The predicted octanol–water partition coefficient (Wildman–Crippen LogP) is 7.40. The van der Waals surface area contributed by atoms with E-state index < -0.39 is 23.7 Å². The molecule has 11 heteroatoms. The van der Waals surface area contributed by atoms with E-state index in [0.717, 1.165) is 43.4 Å². The molecule has 1 saturated heterocycles. The largest absolute Gasteiger partial charge is 0.507 e. The molecule has 0 aliphatic carbocycles. The van der Waals surface area contributed by atoms with Crippen LogP contribution in [-0.4, -0.2) is 54.2 Å². The molecule has 0 bridgehead atoms. The van der Waals surface area contributed by atoms with Crippen LogP contribution in [0.15, 0.2) is 48.0 Å². The highest BCUT2D eigenvalue weighted by Crippen LogP contribution is 2.45. The number of thiazole rings is 1. The van der Waals surface area contributed by atoms with E-state index in [0.29, 0.717) is 53.9 Å². The molecule has 0 saturated carbocycles. The van der Waals surface area contributed by atoms with Gasteiger partial charge in [-0.05, 0) is 75.6 Å². The number of aromatic nitrogens is 1. The molecule has 0 unspecified atom stereocenters. The average molecular weight is 651 g/mol. The highest BCUT2D eigenvalue weighted by molar-refractivity contribution is 7.17. The van der Waals surface area contributed by atoms with Gasteiger partial charge in [-0.15, -0.1) is 0 Å². The molecule has 4 rings (SSSR count). The zero-order valence-corrected chi connectivity index (χ0v) is 27.9. The molecule has 0 radical (unpaired) electrons. The van der Waals surface area contributed by atoms with Crippen molar-refractivity contribution in [1.29, 1.82) is 0 Å². The summed E-state index contributed by atoms with van der Waals surface area (Å²) in [7, 11) is 0. The highest BCUT2D eigenvalue weighted by Gasteiger charge is 2.48. The van der Waals surface area contributed by atoms with Gasteiger partial charge in [-0.3, -0.25) is 14.5 Å². The summed E-state index contributed by atoms with van der Waals surface area (Å²) in [6.45, 7) is 11.0. The molecule has 1 aromatic heterocycles. The van der Waals surface area contributed by atoms with Crippen molar-refractivity contribution in [2.24, 2.45) is 0 Å². The second kappa shape index (κ2) is 16.3. The summed E-state index contributed by atoms with van der Waals surface area (Å²) in [5, 5.41) is 11.7. The maximum absolute atomic E-state index is 13.7. The molecule has 1 amide bonds. The molecule has 2 aromatic carbocycles. The average Bonchev–Trinajstić information content (AvgIpc) is 3.56. The minimum Gasteiger partial charge on any atom is -0.507 e. The number of ether oxygens (including phenoxy) is 4. The number of ketones is 1. The Labute approximate surface area is 274 Å². The van der Waals surface area contributed by atoms with Crippen LogP contribution in [0.3, 0.4) is 0 Å². The first-order valence-electron chi connectivity index (χ1n) is 15.8. The fourth-order valence-corrected chi connectivity index (χ4v) is 6.02. The molecule has 1 aliphatic heterocycles. The van der Waals surface area contributed by atoms with Crippen molar-refractivity contribution in [1.82, 2.24) is 4.98 Å². The van der Waals surface area contributed by atoms with Crippen molar-refractivity contribution < 1.29 is 38.4 Å². The number of Topliss-reactive ketones (excluding diaryl/α,β-unsaturated/α-hetero) is 1. The van der Waals surface area contributed by atoms with Crippen LogP contribution in [-0.2, 0) is 14.3 Å². The number of aryl methyl sites for hydroxylation is 1. The van der Waals surface area contributed by atoms with Gasteiger partial charge in [0.05, 0.1) is 43.7 Å². The number of carbonyl (C=O) groups excluding carboxylic acids is 3. The third-order valence-corrected chi connectivity index (χ3v) is 8.52. The fraction of sp³-hybridized carbons (Fsp3) is 0.429. The van der Waals surface area contributed by atoms with Gasteiger partial charge in [0, 0.05) is 5.56 Å². The number of esters is 1. The van der Waals surface area contributed by atoms with Gasteiger partial charge < -0.3 is 24.1 Å². The Kier molecular flexibility index (Phi) is 12.2. The quantitative estimate of drug-likeness (QED) is 0.0555. The number of aliphatic hydroxyl groups excluding tert-OH is 1. The summed E-state index contributed by atoms with van der Waals surface area (Å²) in [6.07, 6.45) is 4.88. The monoisotopic (exact) mass is 650 g/mol. The molecule has 10 nitrogen and oxygen atoms in total. The number of amides is 1. The summed E-state index contributed by atoms with van der Waals surface area (Å²) >= 11 is 0.954. The zero-order valence-electron chi connectivity index (χ0n) is 27.1. The Balaban J connectivity index is 1.83. The van der Waals surface area contributed by atoms with Gasteiger partial charge in [-0.25, -0.2) is 9.78 Å². The van der Waals surface area contributed by atoms with Crippen molar-refractivity contribution >= 4 is 39.9 Å². The van der Waals surface area contributed by atoms with Crippen molar-refractivity contribution in [3.63, 3.8) is 0 Å². The van der Waals surface area contributed by atoms with Crippen LogP contribution >= 0.6 is 11.3 Å². The van der Waals surface area contributed by atoms with Gasteiger partial charge in [0.15, 0.2) is 16.6 Å². The molecule has 1 fully saturated rings. The van der Waals surface area contributed by atoms with Crippen molar-refractivity contribution in [2.75, 3.05) is 31.3 Å². The number of rotatable bonds is 16. The highest BCUT2D eigenvalue weighted by atomic mass is 32.1. The van der Waals surface area contributed by atoms with Crippen LogP contribution < -0.4 is 19.1 Å². The lowest BCUT2D eigenvalue weighted by atomic mass is 9.95. The van der Waals surface area contributed by atoms with E-state index in [4.69, 9.17) is 18.9 Å². The Morgan fingerprint density at radius 1 is 0.891 bits per heavy atom. The van der Waals surface area contributed by atoms with E-state index in [1.807, 2.05) is 6.92 Å². The molecule has 1 aliphatic rings. The lowest BCUT2D eigenvalue weighted by Crippen LogP contribution is -2.29. The van der Waals surface area contributed by atoms with Crippen LogP contribution in [0.25, 0.3) is 5.76 Å². The van der Waals surface area contributed by atoms with Crippen LogP contribution in [0.2, 0.25) is 0 Å². The first kappa shape index (κ1) is 34.5. The third kappa shape index (κ3) is 7.70. The SMILES string of the molecule is CCCCCOc1ccc([C@H]2C(=C(O)c3ccc(OCCCC)cc3)C(=O)C(=O)N2c2nc(C)c(C(=O)OCC)s2)cc1OCC. The zero-order chi connectivity index (χ0) is 33.2. The van der Waals surface area contributed by atoms with Gasteiger partial charge in [0.1, 0.15) is 16.4 Å². The second-order valence-corrected chi connectivity index (χ2v) is 11.7. The maximum atomic E-state index is 13.7. The lowest BCUT2D eigenvalue weighted by Gasteiger charge is -2.24. The van der Waals surface area contributed by atoms with Crippen molar-refractivity contribution in [3.8, 4) is 17.2 Å². The van der Waals surface area contributed by atoms with Crippen LogP contribution in [0.4, 0.5) is 5.13 Å². The summed E-state index contributed by atoms with van der Waals surface area (Å²) in [5.41, 5.74) is 1.09. The van der Waals surface area contributed by atoms with Gasteiger partial charge in [0.25, 0.3) is 5.78 Å². The number of aliphatic hydroxyl groups is 1. The van der Waals surface area contributed by atoms with E-state index in [1.54, 1.807) is 56.3 Å². The number of anilines is 1. The number of carbonyl (C=O) groups is 3. The molecular formula is C35H42N2O8S. The predicted molar refractivity (Wildman–Crippen MR) is 177 cm³/mol. The van der Waals surface area contributed by atoms with Crippen LogP contribution in [0, 0.1) is 6.92 Å². The molecule has 3 aromatic rings. The Morgan fingerprint density at radius 2 is 1.61 bits per heavy atom. The molecule has 1 atom stereocenters. The van der Waals surface area contributed by atoms with Crippen molar-refractivity contribution in [2.45, 2.75) is 72.8 Å². The molecule has 46 heavy (non-hydrogen) atoms. The fourth-order valence-electron chi connectivity index (χ4n) is 5.03. The maximum Gasteiger partial charge on any atom is 0.350 e. The normalized spacial score (nSPS) is 15.7. The van der Waals surface area contributed by atoms with E-state index in [1.165, 1.54) is 4.90 Å². The number of unbranched alkanes of at least 4 members (excludes halogenated alkanes) is 3. The molecule has 0 spiro atoms. The van der Waals surface area contributed by atoms with E-state index >= 15 is 0 Å². The lowest BCUT2D eigenvalue weighted by molar-refractivity contribution is -0.132. The molecule has 2 heterocycles. The molecule has 1 N–H and O–H groups in total. The van der Waals surface area contributed by atoms with Crippen LogP contribution in [0.1, 0.15) is 92.3 Å². The third-order valence-electron chi connectivity index (χ3n) is 7.38. The standard InChI is InChI=1S/C35H42N2O8S/c1-6-10-12-20-45-26-18-15-24(21-27(26)42-8-3)29-28(30(38)23-13-16-25(17-14-23)44-19-11-7-2)31(39)33(40)37(29)35-36-22(5)32(46-35)34(41)43-9-4/h13-18,21,29,38H,6-12,19-20H2,1-5H3/t29-/m0/s1. The topological polar surface area (TPSA) is 124 Å². The van der Waals surface area contributed by atoms with E-state index in [-0.39, 0.29) is 27.9 Å². The Morgan fingerprint density at radius 3 is 2.28 bits per heavy atom. The van der Waals surface area contributed by atoms with Gasteiger partial charge in [0.2, 0.25) is 0 Å².